The zero-order valence-corrected chi connectivity index (χ0v) is 17.9. The first-order chi connectivity index (χ1) is 15.0. The molecule has 1 heterocycles. The van der Waals surface area contributed by atoms with Crippen LogP contribution in [0.5, 0.6) is 0 Å². The number of aryl methyl sites for hydroxylation is 1. The van der Waals surface area contributed by atoms with Crippen LogP contribution in [0.15, 0.2) is 60.3 Å². The molecule has 31 heavy (non-hydrogen) atoms. The summed E-state index contributed by atoms with van der Waals surface area (Å²) in [7, 11) is 0. The average molecular weight is 419 g/mol. The van der Waals surface area contributed by atoms with Gasteiger partial charge in [0.25, 0.3) is 0 Å². The maximum atomic E-state index is 13.3. The summed E-state index contributed by atoms with van der Waals surface area (Å²) in [4.78, 5) is 11.3. The number of carbonyl (C=O) groups is 1. The van der Waals surface area contributed by atoms with E-state index in [0.717, 1.165) is 35.2 Å². The molecule has 1 aromatic heterocycles. The Morgan fingerprint density at radius 1 is 1.23 bits per heavy atom. The zero-order valence-electron chi connectivity index (χ0n) is 17.9. The molecule has 0 aliphatic heterocycles. The SMILES string of the molecule is CCC1=Cc2c(cnn2-c2ccc(F)cc2)CC1(C)[C@@H](O)CCc1ccccc1C=O. The van der Waals surface area contributed by atoms with Crippen LogP contribution < -0.4 is 0 Å². The molecule has 0 radical (unpaired) electrons. The first-order valence-electron chi connectivity index (χ1n) is 10.7. The highest BCUT2D eigenvalue weighted by Gasteiger charge is 2.39. The summed E-state index contributed by atoms with van der Waals surface area (Å²) in [6.07, 6.45) is 6.99. The van der Waals surface area contributed by atoms with E-state index in [-0.39, 0.29) is 5.82 Å². The van der Waals surface area contributed by atoms with E-state index in [1.54, 1.807) is 12.1 Å². The second-order valence-electron chi connectivity index (χ2n) is 8.43. The predicted molar refractivity (Wildman–Crippen MR) is 120 cm³/mol. The van der Waals surface area contributed by atoms with Gasteiger partial charge in [0, 0.05) is 11.0 Å². The van der Waals surface area contributed by atoms with Crippen molar-refractivity contribution in [3.8, 4) is 5.69 Å². The van der Waals surface area contributed by atoms with E-state index in [9.17, 15) is 14.3 Å². The second-order valence-corrected chi connectivity index (χ2v) is 8.43. The zero-order chi connectivity index (χ0) is 22.0. The minimum absolute atomic E-state index is 0.276. The molecule has 0 spiro atoms. The van der Waals surface area contributed by atoms with Crippen molar-refractivity contribution >= 4 is 12.4 Å². The summed E-state index contributed by atoms with van der Waals surface area (Å²) >= 11 is 0. The van der Waals surface area contributed by atoms with Gasteiger partial charge in [-0.2, -0.15) is 5.10 Å². The van der Waals surface area contributed by atoms with Gasteiger partial charge in [-0.3, -0.25) is 4.79 Å². The van der Waals surface area contributed by atoms with E-state index in [1.807, 2.05) is 35.1 Å². The van der Waals surface area contributed by atoms with Crippen LogP contribution in [0.25, 0.3) is 11.8 Å². The van der Waals surface area contributed by atoms with Crippen molar-refractivity contribution < 1.29 is 14.3 Å². The lowest BCUT2D eigenvalue weighted by Crippen LogP contribution is -2.38. The molecule has 160 valence electrons. The van der Waals surface area contributed by atoms with Crippen molar-refractivity contribution in [2.75, 3.05) is 0 Å². The molecule has 3 aromatic rings. The molecule has 0 bridgehead atoms. The smallest absolute Gasteiger partial charge is 0.150 e. The van der Waals surface area contributed by atoms with Crippen molar-refractivity contribution in [1.82, 2.24) is 9.78 Å². The largest absolute Gasteiger partial charge is 0.392 e. The minimum atomic E-state index is -0.555. The summed E-state index contributed by atoms with van der Waals surface area (Å²) in [6.45, 7) is 4.21. The van der Waals surface area contributed by atoms with Gasteiger partial charge in [0.2, 0.25) is 0 Å². The fraction of sp³-hybridized carbons (Fsp3) is 0.308. The number of aliphatic hydroxyl groups is 1. The highest BCUT2D eigenvalue weighted by molar-refractivity contribution is 5.77. The number of aliphatic hydroxyl groups excluding tert-OH is 1. The lowest BCUT2D eigenvalue weighted by molar-refractivity contribution is 0.0531. The summed E-state index contributed by atoms with van der Waals surface area (Å²) in [5, 5.41) is 15.8. The van der Waals surface area contributed by atoms with Crippen LogP contribution in [-0.2, 0) is 12.8 Å². The monoisotopic (exact) mass is 418 g/mol. The van der Waals surface area contributed by atoms with Crippen molar-refractivity contribution in [2.45, 2.75) is 45.6 Å². The number of carbonyl (C=O) groups excluding carboxylic acids is 1. The number of aldehydes is 1. The van der Waals surface area contributed by atoms with E-state index in [2.05, 4.69) is 25.0 Å². The maximum absolute atomic E-state index is 13.3. The standard InChI is InChI=1S/C26H27FN2O2/c1-3-21-14-24-20(16-28-29(24)23-11-9-22(27)10-12-23)15-26(21,2)25(31)13-8-18-6-4-5-7-19(18)17-30/h4-7,9-12,14,16-17,25,31H,3,8,13,15H2,1-2H3/t25-,26?/m0/s1. The van der Waals surface area contributed by atoms with Gasteiger partial charge in [-0.15, -0.1) is 0 Å². The number of hydrogen-bond donors (Lipinski definition) is 1. The quantitative estimate of drug-likeness (QED) is 0.539. The molecule has 2 atom stereocenters. The molecule has 4 nitrogen and oxygen atoms in total. The van der Waals surface area contributed by atoms with Crippen LogP contribution in [0.4, 0.5) is 4.39 Å². The van der Waals surface area contributed by atoms with Gasteiger partial charge in [0.15, 0.2) is 0 Å². The average Bonchev–Trinajstić information content (AvgIpc) is 3.19. The molecule has 4 rings (SSSR count). The van der Waals surface area contributed by atoms with Crippen LogP contribution in [0.1, 0.15) is 53.9 Å². The van der Waals surface area contributed by atoms with Crippen molar-refractivity contribution in [1.29, 1.82) is 0 Å². The van der Waals surface area contributed by atoms with Crippen LogP contribution in [0.2, 0.25) is 0 Å². The number of rotatable bonds is 7. The molecule has 0 saturated heterocycles. The number of nitrogens with zero attached hydrogens (tertiary/aromatic N) is 2. The van der Waals surface area contributed by atoms with Gasteiger partial charge < -0.3 is 5.11 Å². The Morgan fingerprint density at radius 3 is 2.68 bits per heavy atom. The Kier molecular flexibility index (Phi) is 5.88. The highest BCUT2D eigenvalue weighted by atomic mass is 19.1. The van der Waals surface area contributed by atoms with Crippen molar-refractivity contribution in [3.05, 3.63) is 88.5 Å². The molecule has 0 saturated carbocycles. The molecular weight excluding hydrogens is 391 g/mol. The molecule has 0 amide bonds. The van der Waals surface area contributed by atoms with Gasteiger partial charge in [0.1, 0.15) is 12.1 Å². The third-order valence-electron chi connectivity index (χ3n) is 6.55. The topological polar surface area (TPSA) is 55.1 Å². The normalized spacial score (nSPS) is 18.9. The van der Waals surface area contributed by atoms with Gasteiger partial charge >= 0.3 is 0 Å². The lowest BCUT2D eigenvalue weighted by Gasteiger charge is -2.39. The van der Waals surface area contributed by atoms with E-state index >= 15 is 0 Å². The minimum Gasteiger partial charge on any atom is -0.392 e. The highest BCUT2D eigenvalue weighted by Crippen LogP contribution is 2.44. The van der Waals surface area contributed by atoms with Crippen LogP contribution >= 0.6 is 0 Å². The van der Waals surface area contributed by atoms with Crippen LogP contribution in [0, 0.1) is 11.2 Å². The molecule has 1 unspecified atom stereocenters. The first-order valence-corrected chi connectivity index (χ1v) is 10.7. The van der Waals surface area contributed by atoms with Crippen molar-refractivity contribution in [2.24, 2.45) is 5.41 Å². The fourth-order valence-corrected chi connectivity index (χ4v) is 4.63. The Labute approximate surface area is 182 Å². The predicted octanol–water partition coefficient (Wildman–Crippen LogP) is 5.17. The van der Waals surface area contributed by atoms with Crippen LogP contribution in [-0.4, -0.2) is 27.3 Å². The lowest BCUT2D eigenvalue weighted by atomic mass is 9.67. The summed E-state index contributed by atoms with van der Waals surface area (Å²) in [5.41, 5.74) is 5.26. The summed E-state index contributed by atoms with van der Waals surface area (Å²) < 4.78 is 15.2. The summed E-state index contributed by atoms with van der Waals surface area (Å²) in [6, 6.07) is 13.8. The molecule has 5 heteroatoms. The van der Waals surface area contributed by atoms with E-state index in [4.69, 9.17) is 0 Å². The number of benzene rings is 2. The fourth-order valence-electron chi connectivity index (χ4n) is 4.63. The maximum Gasteiger partial charge on any atom is 0.150 e. The van der Waals surface area contributed by atoms with Crippen LogP contribution in [0.3, 0.4) is 0 Å². The third-order valence-corrected chi connectivity index (χ3v) is 6.55. The van der Waals surface area contributed by atoms with Gasteiger partial charge in [-0.05, 0) is 67.2 Å². The molecule has 1 aliphatic rings. The Hall–Kier alpha value is -3.05. The molecule has 1 aliphatic carbocycles. The van der Waals surface area contributed by atoms with E-state index < -0.39 is 11.5 Å². The number of halogens is 1. The summed E-state index contributed by atoms with van der Waals surface area (Å²) in [5.74, 6) is -0.276. The molecular formula is C26H27FN2O2. The molecule has 1 N–H and O–H groups in total. The molecule has 2 aromatic carbocycles. The first kappa shape index (κ1) is 21.2. The second kappa shape index (κ2) is 8.60. The van der Waals surface area contributed by atoms with E-state index in [1.165, 1.54) is 17.7 Å². The van der Waals surface area contributed by atoms with Gasteiger partial charge in [-0.1, -0.05) is 43.7 Å². The Morgan fingerprint density at radius 2 is 1.97 bits per heavy atom. The number of hydrogen-bond acceptors (Lipinski definition) is 3. The molecule has 0 fully saturated rings. The van der Waals surface area contributed by atoms with E-state index in [0.29, 0.717) is 24.8 Å². The number of aromatic nitrogens is 2. The number of fused-ring (bicyclic) bond motifs is 1. The Balaban J connectivity index is 1.60. The third kappa shape index (κ3) is 3.98. The Bertz CT molecular complexity index is 1120. The van der Waals surface area contributed by atoms with Crippen molar-refractivity contribution in [3.63, 3.8) is 0 Å². The van der Waals surface area contributed by atoms with Gasteiger partial charge in [-0.25, -0.2) is 9.07 Å². The van der Waals surface area contributed by atoms with Gasteiger partial charge in [0.05, 0.1) is 23.7 Å².